The summed E-state index contributed by atoms with van der Waals surface area (Å²) in [6, 6.07) is 16.8. The maximum absolute atomic E-state index is 13.8. The lowest BCUT2D eigenvalue weighted by Gasteiger charge is -2.57. The van der Waals surface area contributed by atoms with Gasteiger partial charge in [0, 0.05) is 26.6 Å². The molecule has 43 heavy (non-hydrogen) atoms. The summed E-state index contributed by atoms with van der Waals surface area (Å²) in [4.78, 5) is 28.9. The molecule has 3 atom stereocenters. The van der Waals surface area contributed by atoms with Gasteiger partial charge in [-0.3, -0.25) is 9.97 Å². The van der Waals surface area contributed by atoms with Gasteiger partial charge in [0.1, 0.15) is 23.4 Å². The number of fused-ring (bicyclic) bond motifs is 1. The molecule has 0 aromatic heterocycles. The predicted octanol–water partition coefficient (Wildman–Crippen LogP) is 1.60. The van der Waals surface area contributed by atoms with Gasteiger partial charge in [0.15, 0.2) is 12.8 Å². The minimum absolute atomic E-state index is 0.0499. The molecule has 2 aliphatic rings. The van der Waals surface area contributed by atoms with E-state index in [1.54, 1.807) is 48.3 Å². The molecule has 228 valence electrons. The molecule has 0 bridgehead atoms. The van der Waals surface area contributed by atoms with Crippen LogP contribution in [-0.4, -0.2) is 82.6 Å². The summed E-state index contributed by atoms with van der Waals surface area (Å²) < 4.78 is 32.6. The molecule has 0 saturated carbocycles. The van der Waals surface area contributed by atoms with Crippen LogP contribution in [-0.2, 0) is 29.1 Å². The number of nitrogens with zero attached hydrogens (tertiary/aromatic N) is 4. The fourth-order valence-corrected chi connectivity index (χ4v) is 5.41. The third-order valence-corrected chi connectivity index (χ3v) is 7.53. The van der Waals surface area contributed by atoms with Crippen molar-refractivity contribution in [1.29, 1.82) is 0 Å². The molecule has 11 nitrogen and oxygen atoms in total. The lowest BCUT2D eigenvalue weighted by atomic mass is 10.0. The SMILES string of the molecule is CN1C[NH+]([O-])N2[C@H](CN(CCOCc3cccc(F)c3)C(=O)[C@@H]2Cc2ccc(O)cc2)N1C(=O)NCc1ccc(F)cc1. The maximum Gasteiger partial charge on any atom is 0.334 e. The summed E-state index contributed by atoms with van der Waals surface area (Å²) >= 11 is 0. The van der Waals surface area contributed by atoms with Crippen molar-refractivity contribution in [3.63, 3.8) is 0 Å². The topological polar surface area (TPSA) is 116 Å². The Balaban J connectivity index is 1.35. The summed E-state index contributed by atoms with van der Waals surface area (Å²) in [6.45, 7) is 0.572. The standard InChI is InChI=1S/C30H34F2N6O5/c1-34-20-36(42)37-27(16-21-7-11-26(39)12-8-21)29(40)35(13-14-43-19-23-3-2-4-25(32)15-23)18-28(37)38(34)30(41)33-17-22-5-9-24(31)10-6-22/h2-12,15,27-28,36,39H,13-14,16-20H2,1H3,(H,33,41)/t27-,28-/m0/s1. The summed E-state index contributed by atoms with van der Waals surface area (Å²) in [7, 11) is 1.63. The van der Waals surface area contributed by atoms with Crippen LogP contribution in [0.25, 0.3) is 0 Å². The minimum atomic E-state index is -0.903. The number of carbonyl (C=O) groups is 2. The second-order valence-corrected chi connectivity index (χ2v) is 10.6. The van der Waals surface area contributed by atoms with Crippen LogP contribution in [0.2, 0.25) is 0 Å². The molecule has 0 radical (unpaired) electrons. The second kappa shape index (κ2) is 13.4. The largest absolute Gasteiger partial charge is 0.612 e. The van der Waals surface area contributed by atoms with Gasteiger partial charge < -0.3 is 25.3 Å². The predicted molar refractivity (Wildman–Crippen MR) is 151 cm³/mol. The number of piperazine rings is 1. The Morgan fingerprint density at radius 1 is 1.05 bits per heavy atom. The van der Waals surface area contributed by atoms with E-state index in [2.05, 4.69) is 5.32 Å². The number of hydrogen-bond acceptors (Lipinski definition) is 7. The minimum Gasteiger partial charge on any atom is -0.612 e. The van der Waals surface area contributed by atoms with Crippen LogP contribution in [0.4, 0.5) is 13.6 Å². The highest BCUT2D eigenvalue weighted by molar-refractivity contribution is 5.83. The van der Waals surface area contributed by atoms with Gasteiger partial charge in [0.05, 0.1) is 19.8 Å². The molecular formula is C30H34F2N6O5. The molecule has 0 aliphatic carbocycles. The fourth-order valence-electron chi connectivity index (χ4n) is 5.41. The molecule has 3 aromatic rings. The average Bonchev–Trinajstić information content (AvgIpc) is 2.98. The number of hydrogen-bond donors (Lipinski definition) is 3. The monoisotopic (exact) mass is 596 g/mol. The van der Waals surface area contributed by atoms with Gasteiger partial charge in [-0.2, -0.15) is 5.01 Å². The van der Waals surface area contributed by atoms with Crippen molar-refractivity contribution < 1.29 is 33.4 Å². The van der Waals surface area contributed by atoms with Crippen molar-refractivity contribution in [1.82, 2.24) is 25.2 Å². The van der Waals surface area contributed by atoms with E-state index in [1.165, 1.54) is 51.4 Å². The van der Waals surface area contributed by atoms with Gasteiger partial charge in [-0.25, -0.2) is 18.6 Å². The van der Waals surface area contributed by atoms with Crippen molar-refractivity contribution >= 4 is 11.9 Å². The smallest absolute Gasteiger partial charge is 0.334 e. The van der Waals surface area contributed by atoms with Gasteiger partial charge in [0.2, 0.25) is 5.91 Å². The number of hydroxylamine groups is 1. The van der Waals surface area contributed by atoms with E-state index >= 15 is 0 Å². The van der Waals surface area contributed by atoms with Crippen LogP contribution in [0.1, 0.15) is 16.7 Å². The first-order chi connectivity index (χ1) is 20.7. The van der Waals surface area contributed by atoms with Gasteiger partial charge in [-0.05, 0) is 53.1 Å². The van der Waals surface area contributed by atoms with Crippen molar-refractivity contribution in [3.05, 3.63) is 106 Å². The van der Waals surface area contributed by atoms with E-state index in [0.717, 1.165) is 5.56 Å². The van der Waals surface area contributed by atoms with Crippen LogP contribution >= 0.6 is 0 Å². The third kappa shape index (κ3) is 7.27. The Kier molecular flexibility index (Phi) is 9.48. The normalized spacial score (nSPS) is 21.1. The number of ether oxygens (including phenoxy) is 1. The lowest BCUT2D eigenvalue weighted by molar-refractivity contribution is -1.00. The van der Waals surface area contributed by atoms with Crippen molar-refractivity contribution in [2.45, 2.75) is 31.8 Å². The summed E-state index contributed by atoms with van der Waals surface area (Å²) in [5, 5.41) is 30.1. The number of urea groups is 1. The molecule has 3 aromatic carbocycles. The van der Waals surface area contributed by atoms with Gasteiger partial charge in [-0.15, -0.1) is 5.01 Å². The number of carbonyl (C=O) groups excluding carboxylic acids is 2. The number of benzene rings is 3. The molecule has 2 aliphatic heterocycles. The first-order valence-corrected chi connectivity index (χ1v) is 13.9. The third-order valence-electron chi connectivity index (χ3n) is 7.53. The van der Waals surface area contributed by atoms with Crippen LogP contribution in [0.3, 0.4) is 0 Å². The number of phenolic OH excluding ortho intramolecular Hbond substituents is 1. The van der Waals surface area contributed by atoms with Crippen molar-refractivity contribution in [2.24, 2.45) is 0 Å². The van der Waals surface area contributed by atoms with E-state index in [9.17, 15) is 28.7 Å². The number of nitrogens with one attached hydrogen (secondary N) is 2. The Bertz CT molecular complexity index is 1410. The molecule has 3 amide bonds. The lowest BCUT2D eigenvalue weighted by Crippen LogP contribution is -3.21. The quantitative estimate of drug-likeness (QED) is 0.254. The fraction of sp³-hybridized carbons (Fsp3) is 0.333. The molecular weight excluding hydrogens is 562 g/mol. The van der Waals surface area contributed by atoms with Crippen molar-refractivity contribution in [2.75, 3.05) is 33.4 Å². The first-order valence-electron chi connectivity index (χ1n) is 13.9. The number of hydrazine groups is 1. The van der Waals surface area contributed by atoms with E-state index < -0.39 is 18.2 Å². The van der Waals surface area contributed by atoms with Crippen LogP contribution in [0.15, 0.2) is 72.8 Å². The number of rotatable bonds is 9. The Labute approximate surface area is 248 Å². The zero-order chi connectivity index (χ0) is 30.5. The number of quaternary nitrogens is 1. The van der Waals surface area contributed by atoms with E-state index in [1.807, 2.05) is 0 Å². The van der Waals surface area contributed by atoms with E-state index in [0.29, 0.717) is 11.1 Å². The van der Waals surface area contributed by atoms with E-state index in [-0.39, 0.29) is 74.4 Å². The van der Waals surface area contributed by atoms with Crippen LogP contribution < -0.4 is 10.5 Å². The van der Waals surface area contributed by atoms with Gasteiger partial charge in [0.25, 0.3) is 0 Å². The zero-order valence-corrected chi connectivity index (χ0v) is 23.7. The van der Waals surface area contributed by atoms with Gasteiger partial charge >= 0.3 is 6.03 Å². The second-order valence-electron chi connectivity index (χ2n) is 10.6. The highest BCUT2D eigenvalue weighted by Crippen LogP contribution is 2.24. The van der Waals surface area contributed by atoms with Crippen LogP contribution in [0, 0.1) is 16.8 Å². The average molecular weight is 597 g/mol. The number of aromatic hydroxyl groups is 1. The molecule has 2 heterocycles. The van der Waals surface area contributed by atoms with E-state index in [4.69, 9.17) is 4.74 Å². The summed E-state index contributed by atoms with van der Waals surface area (Å²) in [5.41, 5.74) is 2.09. The number of phenols is 1. The highest BCUT2D eigenvalue weighted by Gasteiger charge is 2.52. The van der Waals surface area contributed by atoms with Crippen LogP contribution in [0.5, 0.6) is 5.75 Å². The number of halogens is 2. The Morgan fingerprint density at radius 3 is 2.49 bits per heavy atom. The zero-order valence-electron chi connectivity index (χ0n) is 23.7. The van der Waals surface area contributed by atoms with Gasteiger partial charge in [-0.1, -0.05) is 36.4 Å². The molecule has 1 unspecified atom stereocenters. The molecule has 0 spiro atoms. The molecule has 2 fully saturated rings. The summed E-state index contributed by atoms with van der Waals surface area (Å²) in [5.74, 6) is -0.962. The highest BCUT2D eigenvalue weighted by atomic mass is 19.1. The molecule has 5 rings (SSSR count). The van der Waals surface area contributed by atoms with Crippen molar-refractivity contribution in [3.8, 4) is 5.75 Å². The summed E-state index contributed by atoms with van der Waals surface area (Å²) in [6.07, 6.45) is -0.626. The Morgan fingerprint density at radius 2 is 1.77 bits per heavy atom. The maximum atomic E-state index is 13.8. The Hall–Kier alpha value is -4.14. The first kappa shape index (κ1) is 30.3. The molecule has 13 heteroatoms. The molecule has 3 N–H and O–H groups in total. The number of amides is 3. The molecule has 2 saturated heterocycles.